The molecule has 2 amide bonds. The van der Waals surface area contributed by atoms with Crippen molar-refractivity contribution >= 4 is 35.0 Å². The maximum Gasteiger partial charge on any atom is 0.418 e. The largest absolute Gasteiger partial charge is 0.418 e. The van der Waals surface area contributed by atoms with Gasteiger partial charge in [0.05, 0.1) is 16.5 Å². The van der Waals surface area contributed by atoms with E-state index < -0.39 is 34.6 Å². The first-order valence-electron chi connectivity index (χ1n) is 9.44. The molecule has 1 unspecified atom stereocenters. The molecular formula is C23H18F4N2O2S. The highest BCUT2D eigenvalue weighted by Crippen LogP contribution is 2.35. The summed E-state index contributed by atoms with van der Waals surface area (Å²) >= 11 is 1.16. The van der Waals surface area contributed by atoms with Gasteiger partial charge >= 0.3 is 6.18 Å². The molecule has 1 atom stereocenters. The summed E-state index contributed by atoms with van der Waals surface area (Å²) < 4.78 is 52.3. The molecule has 0 saturated carbocycles. The molecule has 0 aliphatic carbocycles. The average molecular weight is 462 g/mol. The van der Waals surface area contributed by atoms with Gasteiger partial charge in [0.25, 0.3) is 5.91 Å². The highest BCUT2D eigenvalue weighted by molar-refractivity contribution is 8.00. The lowest BCUT2D eigenvalue weighted by Gasteiger charge is -2.16. The summed E-state index contributed by atoms with van der Waals surface area (Å²) in [5.41, 5.74) is -0.405. The molecule has 0 aliphatic heterocycles. The number of hydrogen-bond acceptors (Lipinski definition) is 3. The number of rotatable bonds is 6. The molecular weight excluding hydrogens is 444 g/mol. The Balaban J connectivity index is 1.60. The first kappa shape index (κ1) is 23.3. The van der Waals surface area contributed by atoms with Gasteiger partial charge in [0.2, 0.25) is 5.91 Å². The summed E-state index contributed by atoms with van der Waals surface area (Å²) in [5.74, 6) is -1.41. The zero-order chi connectivity index (χ0) is 23.3. The third kappa shape index (κ3) is 6.10. The summed E-state index contributed by atoms with van der Waals surface area (Å²) in [5, 5.41) is 4.34. The van der Waals surface area contributed by atoms with E-state index in [2.05, 4.69) is 10.6 Å². The number of hydrogen-bond donors (Lipinski definition) is 2. The zero-order valence-electron chi connectivity index (χ0n) is 16.7. The van der Waals surface area contributed by atoms with Crippen LogP contribution >= 0.6 is 11.8 Å². The van der Waals surface area contributed by atoms with Crippen LogP contribution in [-0.2, 0) is 11.0 Å². The predicted molar refractivity (Wildman–Crippen MR) is 116 cm³/mol. The quantitative estimate of drug-likeness (QED) is 0.338. The van der Waals surface area contributed by atoms with E-state index in [9.17, 15) is 27.2 Å². The second kappa shape index (κ2) is 9.86. The lowest BCUT2D eigenvalue weighted by molar-refractivity contribution is -0.137. The lowest BCUT2D eigenvalue weighted by atomic mass is 10.1. The number of benzene rings is 3. The first-order chi connectivity index (χ1) is 15.1. The predicted octanol–water partition coefficient (Wildman–Crippen LogP) is 6.22. The maximum absolute atomic E-state index is 13.1. The Bertz CT molecular complexity index is 1100. The van der Waals surface area contributed by atoms with Crippen molar-refractivity contribution in [3.8, 4) is 0 Å². The topological polar surface area (TPSA) is 58.2 Å². The minimum atomic E-state index is -4.57. The number of halogens is 4. The van der Waals surface area contributed by atoms with E-state index in [4.69, 9.17) is 0 Å². The third-order valence-electron chi connectivity index (χ3n) is 4.39. The Morgan fingerprint density at radius 1 is 0.875 bits per heavy atom. The van der Waals surface area contributed by atoms with Gasteiger partial charge in [0.15, 0.2) is 0 Å². The summed E-state index contributed by atoms with van der Waals surface area (Å²) in [4.78, 5) is 25.3. The van der Waals surface area contributed by atoms with Crippen molar-refractivity contribution in [3.63, 3.8) is 0 Å². The van der Waals surface area contributed by atoms with Crippen molar-refractivity contribution < 1.29 is 27.2 Å². The molecule has 0 bridgehead atoms. The van der Waals surface area contributed by atoms with E-state index in [1.54, 1.807) is 31.2 Å². The van der Waals surface area contributed by atoms with Gasteiger partial charge in [0.1, 0.15) is 5.82 Å². The molecule has 3 aromatic rings. The number of thioether (sulfide) groups is 1. The van der Waals surface area contributed by atoms with E-state index in [-0.39, 0.29) is 5.69 Å². The molecule has 9 heteroatoms. The minimum Gasteiger partial charge on any atom is -0.325 e. The van der Waals surface area contributed by atoms with Crippen LogP contribution in [0.1, 0.15) is 22.8 Å². The van der Waals surface area contributed by atoms with E-state index in [0.29, 0.717) is 16.1 Å². The van der Waals surface area contributed by atoms with Gasteiger partial charge in [-0.3, -0.25) is 9.59 Å². The minimum absolute atomic E-state index is 0.295. The van der Waals surface area contributed by atoms with Crippen molar-refractivity contribution in [2.24, 2.45) is 0 Å². The van der Waals surface area contributed by atoms with Gasteiger partial charge in [0, 0.05) is 16.1 Å². The second-order valence-electron chi connectivity index (χ2n) is 6.78. The van der Waals surface area contributed by atoms with Crippen molar-refractivity contribution in [2.45, 2.75) is 23.2 Å². The Kier molecular flexibility index (Phi) is 7.19. The van der Waals surface area contributed by atoms with Crippen LogP contribution in [0.2, 0.25) is 0 Å². The number of para-hydroxylation sites is 1. The molecule has 0 saturated heterocycles. The molecule has 2 N–H and O–H groups in total. The van der Waals surface area contributed by atoms with Gasteiger partial charge in [-0.25, -0.2) is 4.39 Å². The lowest BCUT2D eigenvalue weighted by Crippen LogP contribution is -2.24. The summed E-state index contributed by atoms with van der Waals surface area (Å²) in [6.07, 6.45) is -4.57. The Hall–Kier alpha value is -3.33. The van der Waals surface area contributed by atoms with Crippen molar-refractivity contribution in [1.29, 1.82) is 0 Å². The molecule has 3 rings (SSSR count). The molecule has 32 heavy (non-hydrogen) atoms. The molecule has 166 valence electrons. The van der Waals surface area contributed by atoms with Crippen LogP contribution in [0.5, 0.6) is 0 Å². The highest BCUT2D eigenvalue weighted by atomic mass is 32.2. The van der Waals surface area contributed by atoms with Gasteiger partial charge in [-0.15, -0.1) is 11.8 Å². The average Bonchev–Trinajstić information content (AvgIpc) is 2.75. The van der Waals surface area contributed by atoms with Crippen molar-refractivity contribution in [3.05, 3.63) is 89.7 Å². The third-order valence-corrected chi connectivity index (χ3v) is 5.50. The maximum atomic E-state index is 13.1. The number of carbonyl (C=O) groups is 2. The fourth-order valence-electron chi connectivity index (χ4n) is 2.75. The van der Waals surface area contributed by atoms with E-state index >= 15 is 0 Å². The number of amides is 2. The standard InChI is InChI=1S/C23H18F4N2O2S/c1-14(21(30)29-20-5-3-2-4-19(20)23(25,26)27)32-18-12-10-17(11-13-18)28-22(31)15-6-8-16(24)9-7-15/h2-14H,1H3,(H,28,31)(H,29,30). The zero-order valence-corrected chi connectivity index (χ0v) is 17.6. The van der Waals surface area contributed by atoms with Crippen LogP contribution in [-0.4, -0.2) is 17.1 Å². The van der Waals surface area contributed by atoms with Crippen molar-refractivity contribution in [2.75, 3.05) is 10.6 Å². The summed E-state index contributed by atoms with van der Waals surface area (Å²) in [7, 11) is 0. The van der Waals surface area contributed by atoms with E-state index in [1.165, 1.54) is 42.5 Å². The highest BCUT2D eigenvalue weighted by Gasteiger charge is 2.33. The fraction of sp³-hybridized carbons (Fsp3) is 0.130. The van der Waals surface area contributed by atoms with Gasteiger partial charge in [-0.05, 0) is 67.6 Å². The summed E-state index contributed by atoms with van der Waals surface area (Å²) in [6, 6.07) is 16.5. The number of nitrogens with one attached hydrogen (secondary N) is 2. The van der Waals surface area contributed by atoms with E-state index in [0.717, 1.165) is 17.8 Å². The Morgan fingerprint density at radius 2 is 1.50 bits per heavy atom. The summed E-state index contributed by atoms with van der Waals surface area (Å²) in [6.45, 7) is 1.58. The van der Waals surface area contributed by atoms with Crippen LogP contribution in [0.25, 0.3) is 0 Å². The Labute approximate surface area is 186 Å². The SMILES string of the molecule is CC(Sc1ccc(NC(=O)c2ccc(F)cc2)cc1)C(=O)Nc1ccccc1C(F)(F)F. The molecule has 0 radical (unpaired) electrons. The monoisotopic (exact) mass is 462 g/mol. The van der Waals surface area contributed by atoms with Crippen LogP contribution in [0.3, 0.4) is 0 Å². The van der Waals surface area contributed by atoms with Crippen LogP contribution < -0.4 is 10.6 Å². The first-order valence-corrected chi connectivity index (χ1v) is 10.3. The van der Waals surface area contributed by atoms with Crippen LogP contribution in [0, 0.1) is 5.82 Å². The molecule has 4 nitrogen and oxygen atoms in total. The molecule has 0 fully saturated rings. The molecule has 0 spiro atoms. The number of alkyl halides is 3. The van der Waals surface area contributed by atoms with Gasteiger partial charge in [-0.2, -0.15) is 13.2 Å². The van der Waals surface area contributed by atoms with Crippen LogP contribution in [0.15, 0.2) is 77.7 Å². The van der Waals surface area contributed by atoms with E-state index in [1.807, 2.05) is 0 Å². The normalized spacial score (nSPS) is 12.2. The van der Waals surface area contributed by atoms with Crippen LogP contribution in [0.4, 0.5) is 28.9 Å². The fourth-order valence-corrected chi connectivity index (χ4v) is 3.62. The molecule has 0 aliphatic rings. The molecule has 0 heterocycles. The number of carbonyl (C=O) groups excluding carboxylic acids is 2. The number of anilines is 2. The molecule has 0 aromatic heterocycles. The second-order valence-corrected chi connectivity index (χ2v) is 8.19. The smallest absolute Gasteiger partial charge is 0.325 e. The van der Waals surface area contributed by atoms with Gasteiger partial charge < -0.3 is 10.6 Å². The molecule has 3 aromatic carbocycles. The van der Waals surface area contributed by atoms with Crippen molar-refractivity contribution in [1.82, 2.24) is 0 Å². The Morgan fingerprint density at radius 3 is 2.12 bits per heavy atom. The van der Waals surface area contributed by atoms with Gasteiger partial charge in [-0.1, -0.05) is 12.1 Å².